The van der Waals surface area contributed by atoms with E-state index in [4.69, 9.17) is 0 Å². The second-order valence-corrected chi connectivity index (χ2v) is 7.44. The average molecular weight is 464 g/mol. The Kier molecular flexibility index (Phi) is 8.84. The number of carbonyl (C=O) groups is 1. The second kappa shape index (κ2) is 11.3. The maximum atomic E-state index is 12.8. The zero-order valence-electron chi connectivity index (χ0n) is 19.0. The molecule has 0 spiro atoms. The molecule has 0 radical (unpaired) electrons. The molecule has 0 unspecified atom stereocenters. The van der Waals surface area contributed by atoms with E-state index in [2.05, 4.69) is 31.9 Å². The van der Waals surface area contributed by atoms with Gasteiger partial charge in [-0.25, -0.2) is 14.8 Å². The predicted molar refractivity (Wildman–Crippen MR) is 123 cm³/mol. The summed E-state index contributed by atoms with van der Waals surface area (Å²) in [5.41, 5.74) is 2.76. The van der Waals surface area contributed by atoms with Gasteiger partial charge in [-0.3, -0.25) is 0 Å². The first-order valence-electron chi connectivity index (χ1n) is 10.3. The molecule has 2 N–H and O–H groups in total. The van der Waals surface area contributed by atoms with Gasteiger partial charge < -0.3 is 20.3 Å². The zero-order chi connectivity index (χ0) is 24.6. The number of ether oxygens (including phenoxy) is 1. The molecule has 0 bridgehead atoms. The molecule has 1 aromatic carbocycles. The Morgan fingerprint density at radius 2 is 1.91 bits per heavy atom. The maximum Gasteiger partial charge on any atom is 0.573 e. The third-order valence-electron chi connectivity index (χ3n) is 4.61. The van der Waals surface area contributed by atoms with Gasteiger partial charge in [0.25, 0.3) is 0 Å². The lowest BCUT2D eigenvalue weighted by Crippen LogP contribution is -2.41. The van der Waals surface area contributed by atoms with E-state index >= 15 is 0 Å². The van der Waals surface area contributed by atoms with Crippen molar-refractivity contribution < 1.29 is 22.7 Å². The zero-order valence-corrected chi connectivity index (χ0v) is 19.0. The van der Waals surface area contributed by atoms with Crippen molar-refractivity contribution in [3.05, 3.63) is 60.6 Å². The fraction of sp³-hybridized carbons (Fsp3) is 0.348. The number of urea groups is 1. The summed E-state index contributed by atoms with van der Waals surface area (Å²) in [5.74, 6) is 0.331. The van der Waals surface area contributed by atoms with Crippen molar-refractivity contribution in [2.24, 2.45) is 0 Å². The number of alkyl halides is 3. The molecule has 178 valence electrons. The highest BCUT2D eigenvalue weighted by molar-refractivity contribution is 5.89. The van der Waals surface area contributed by atoms with Crippen LogP contribution in [0, 0.1) is 0 Å². The first-order valence-corrected chi connectivity index (χ1v) is 10.3. The molecule has 0 fully saturated rings. The molecule has 2 aromatic rings. The monoisotopic (exact) mass is 463 g/mol. The molecule has 33 heavy (non-hydrogen) atoms. The highest BCUT2D eigenvalue weighted by atomic mass is 19.4. The number of anilines is 2. The summed E-state index contributed by atoms with van der Waals surface area (Å²) in [4.78, 5) is 22.8. The van der Waals surface area contributed by atoms with Crippen LogP contribution in [-0.4, -0.2) is 46.9 Å². The number of hydrogen-bond donors (Lipinski definition) is 2. The van der Waals surface area contributed by atoms with E-state index in [0.29, 0.717) is 23.5 Å². The molecule has 2 rings (SSSR count). The topological polar surface area (TPSA) is 79.4 Å². The predicted octanol–water partition coefficient (Wildman–Crippen LogP) is 5.71. The number of nitrogens with zero attached hydrogens (tertiary/aromatic N) is 3. The van der Waals surface area contributed by atoms with Gasteiger partial charge in [-0.15, -0.1) is 13.2 Å². The normalized spacial score (nSPS) is 11.8. The Morgan fingerprint density at radius 1 is 1.24 bits per heavy atom. The van der Waals surface area contributed by atoms with E-state index in [-0.39, 0.29) is 18.3 Å². The first kappa shape index (κ1) is 25.7. The van der Waals surface area contributed by atoms with E-state index in [0.717, 1.165) is 23.4 Å². The molecule has 0 atom stereocenters. The fourth-order valence-electron chi connectivity index (χ4n) is 2.96. The van der Waals surface area contributed by atoms with Crippen LogP contribution in [0.1, 0.15) is 32.9 Å². The number of carbonyl (C=O) groups excluding carboxylic acids is 1. The van der Waals surface area contributed by atoms with Gasteiger partial charge in [0.2, 0.25) is 0 Å². The van der Waals surface area contributed by atoms with Crippen LogP contribution < -0.4 is 15.4 Å². The molecule has 0 aliphatic carbocycles. The van der Waals surface area contributed by atoms with Gasteiger partial charge in [-0.05, 0) is 55.7 Å². The van der Waals surface area contributed by atoms with Gasteiger partial charge in [0.15, 0.2) is 0 Å². The van der Waals surface area contributed by atoms with Gasteiger partial charge in [-0.1, -0.05) is 19.6 Å². The summed E-state index contributed by atoms with van der Waals surface area (Å²) in [6.07, 6.45) is -0.690. The van der Waals surface area contributed by atoms with Gasteiger partial charge >= 0.3 is 12.4 Å². The maximum absolute atomic E-state index is 12.8. The van der Waals surface area contributed by atoms with Crippen LogP contribution in [-0.2, 0) is 0 Å². The van der Waals surface area contributed by atoms with E-state index in [1.165, 1.54) is 18.5 Å². The van der Waals surface area contributed by atoms with Crippen molar-refractivity contribution in [1.82, 2.24) is 14.9 Å². The minimum absolute atomic E-state index is 0.150. The van der Waals surface area contributed by atoms with Crippen LogP contribution in [0.5, 0.6) is 5.75 Å². The Balaban J connectivity index is 2.10. The van der Waals surface area contributed by atoms with Crippen LogP contribution in [0.2, 0.25) is 0 Å². The third kappa shape index (κ3) is 8.13. The quantitative estimate of drug-likeness (QED) is 0.466. The van der Waals surface area contributed by atoms with Gasteiger partial charge in [0.05, 0.1) is 5.69 Å². The molecule has 2 amide bonds. The average Bonchev–Trinajstić information content (AvgIpc) is 2.75. The number of amides is 2. The highest BCUT2D eigenvalue weighted by Crippen LogP contribution is 2.24. The lowest BCUT2D eigenvalue weighted by molar-refractivity contribution is -0.274. The molecular weight excluding hydrogens is 435 g/mol. The van der Waals surface area contributed by atoms with Crippen molar-refractivity contribution in [3.63, 3.8) is 0 Å². The summed E-state index contributed by atoms with van der Waals surface area (Å²) in [6.45, 7) is 10.1. The minimum Gasteiger partial charge on any atom is -0.406 e. The molecule has 0 saturated carbocycles. The van der Waals surface area contributed by atoms with Crippen molar-refractivity contribution in [2.45, 2.75) is 39.6 Å². The van der Waals surface area contributed by atoms with E-state index in [9.17, 15) is 18.0 Å². The number of aromatic nitrogens is 2. The molecule has 10 heteroatoms. The Morgan fingerprint density at radius 3 is 2.45 bits per heavy atom. The number of nitrogens with one attached hydrogen (secondary N) is 2. The number of halogens is 3. The number of hydrogen-bond acceptors (Lipinski definition) is 5. The first-order chi connectivity index (χ1) is 15.5. The number of allylic oxidation sites excluding steroid dienone is 1. The summed E-state index contributed by atoms with van der Waals surface area (Å²) >= 11 is 0. The summed E-state index contributed by atoms with van der Waals surface area (Å²) in [7, 11) is 1.77. The number of rotatable bonds is 9. The van der Waals surface area contributed by atoms with Crippen LogP contribution in [0.3, 0.4) is 0 Å². The molecule has 7 nitrogen and oxygen atoms in total. The van der Waals surface area contributed by atoms with Crippen LogP contribution >= 0.6 is 0 Å². The summed E-state index contributed by atoms with van der Waals surface area (Å²) in [5, 5.41) is 5.67. The van der Waals surface area contributed by atoms with Crippen molar-refractivity contribution in [3.8, 4) is 5.75 Å². The molecule has 1 aromatic heterocycles. The summed E-state index contributed by atoms with van der Waals surface area (Å²) in [6, 6.07) is 6.25. The molecule has 0 saturated heterocycles. The Bertz CT molecular complexity index is 988. The fourth-order valence-corrected chi connectivity index (χ4v) is 2.96. The largest absolute Gasteiger partial charge is 0.573 e. The van der Waals surface area contributed by atoms with Crippen LogP contribution in [0.25, 0.3) is 5.57 Å². The number of benzene rings is 1. The van der Waals surface area contributed by atoms with E-state index < -0.39 is 12.4 Å². The lowest BCUT2D eigenvalue weighted by atomic mass is 10.1. The van der Waals surface area contributed by atoms with Gasteiger partial charge in [-0.2, -0.15) is 0 Å². The molecule has 1 heterocycles. The lowest BCUT2D eigenvalue weighted by Gasteiger charge is -2.27. The molecule has 0 aliphatic heterocycles. The van der Waals surface area contributed by atoms with Gasteiger partial charge in [0.1, 0.15) is 17.9 Å². The van der Waals surface area contributed by atoms with E-state index in [1.54, 1.807) is 11.9 Å². The SMILES string of the molecule is C=C(C=C(CC)c1cc(NC)ncn1)CN(C(=O)Nc1ccc(OC(F)(F)F)cc1)C(C)C. The Labute approximate surface area is 191 Å². The smallest absolute Gasteiger partial charge is 0.406 e. The van der Waals surface area contributed by atoms with Crippen LogP contribution in [0.15, 0.2) is 54.9 Å². The van der Waals surface area contributed by atoms with Gasteiger partial charge in [0, 0.05) is 31.4 Å². The summed E-state index contributed by atoms with van der Waals surface area (Å²) < 4.78 is 40.8. The molecule has 0 aliphatic rings. The standard InChI is InChI=1S/C23H28F3N5O2/c1-6-17(20-12-21(27-5)29-14-28-20)11-16(4)13-31(15(2)3)22(32)30-18-7-9-19(10-8-18)33-23(24,25)26/h7-12,14-15H,4,6,13H2,1-3,5H3,(H,30,32)(H,27,28,29). The van der Waals surface area contributed by atoms with Crippen molar-refractivity contribution >= 4 is 23.1 Å². The van der Waals surface area contributed by atoms with E-state index in [1.807, 2.05) is 32.9 Å². The minimum atomic E-state index is -4.77. The van der Waals surface area contributed by atoms with Crippen LogP contribution in [0.4, 0.5) is 29.5 Å². The second-order valence-electron chi connectivity index (χ2n) is 7.44. The third-order valence-corrected chi connectivity index (χ3v) is 4.61. The Hall–Kier alpha value is -3.56. The highest BCUT2D eigenvalue weighted by Gasteiger charge is 2.31. The van der Waals surface area contributed by atoms with Crippen molar-refractivity contribution in [2.75, 3.05) is 24.2 Å². The van der Waals surface area contributed by atoms with Crippen molar-refractivity contribution in [1.29, 1.82) is 0 Å². The molecular formula is C23H28F3N5O2.